The molecule has 4 saturated carbocycles. The molecule has 5 aliphatic carbocycles. The van der Waals surface area contributed by atoms with Gasteiger partial charge in [0, 0.05) is 39.5 Å². The molecule has 13 rings (SSSR count). The topological polar surface area (TPSA) is 6.48 Å². The van der Waals surface area contributed by atoms with Gasteiger partial charge in [0.15, 0.2) is 0 Å². The van der Waals surface area contributed by atoms with E-state index in [1.165, 1.54) is 120 Å². The van der Waals surface area contributed by atoms with E-state index in [2.05, 4.69) is 248 Å². The van der Waals surface area contributed by atoms with E-state index in [4.69, 9.17) is 0 Å². The highest BCUT2D eigenvalue weighted by Gasteiger charge is 2.61. The molecule has 4 heteroatoms. The van der Waals surface area contributed by atoms with Gasteiger partial charge in [-0.2, -0.15) is 0 Å². The second-order valence-corrected chi connectivity index (χ2v) is 37.0. The Kier molecular flexibility index (Phi) is 11.0. The van der Waals surface area contributed by atoms with Gasteiger partial charge in [0.05, 0.1) is 16.1 Å². The quantitative estimate of drug-likeness (QED) is 0.140. The first-order valence-electron chi connectivity index (χ1n) is 27.3. The van der Waals surface area contributed by atoms with E-state index in [1.54, 1.807) is 11.1 Å². The molecule has 0 saturated heterocycles. The molecule has 8 aromatic carbocycles. The second-order valence-electron chi connectivity index (χ2n) is 26.9. The molecule has 4 bridgehead atoms. The van der Waals surface area contributed by atoms with Crippen LogP contribution in [0.3, 0.4) is 0 Å². The van der Waals surface area contributed by atoms with Crippen molar-refractivity contribution in [3.63, 3.8) is 0 Å². The lowest BCUT2D eigenvalue weighted by Crippen LogP contribution is -2.55. The highest BCUT2D eigenvalue weighted by atomic mass is 28.3. The van der Waals surface area contributed by atoms with Crippen molar-refractivity contribution in [2.75, 3.05) is 9.80 Å². The van der Waals surface area contributed by atoms with E-state index in [0.717, 1.165) is 11.8 Å². The summed E-state index contributed by atoms with van der Waals surface area (Å²) in [5.41, 5.74) is 16.3. The Labute approximate surface area is 433 Å². The van der Waals surface area contributed by atoms with Gasteiger partial charge in [0.1, 0.15) is 0 Å². The summed E-state index contributed by atoms with van der Waals surface area (Å²) in [6, 6.07) is 62.8. The molecule has 366 valence electrons. The molecule has 0 aromatic heterocycles. The summed E-state index contributed by atoms with van der Waals surface area (Å²) in [5.74, 6) is 3.09. The van der Waals surface area contributed by atoms with Crippen LogP contribution in [-0.2, 0) is 16.2 Å². The fourth-order valence-electron chi connectivity index (χ4n) is 14.3. The summed E-state index contributed by atoms with van der Waals surface area (Å²) in [6.07, 6.45) is 6.89. The zero-order valence-electron chi connectivity index (χ0n) is 45.3. The molecule has 0 heterocycles. The Morgan fingerprint density at radius 1 is 0.361 bits per heavy atom. The minimum Gasteiger partial charge on any atom is -0.310 e. The van der Waals surface area contributed by atoms with Gasteiger partial charge >= 0.3 is 0 Å². The molecule has 0 N–H and O–H groups in total. The van der Waals surface area contributed by atoms with Gasteiger partial charge in [0.25, 0.3) is 0 Å². The van der Waals surface area contributed by atoms with Crippen LogP contribution < -0.4 is 20.2 Å². The van der Waals surface area contributed by atoms with Crippen molar-refractivity contribution >= 4 is 82.2 Å². The van der Waals surface area contributed by atoms with Crippen molar-refractivity contribution in [3.05, 3.63) is 180 Å². The monoisotopic (exact) mass is 977 g/mol. The van der Waals surface area contributed by atoms with Crippen molar-refractivity contribution in [3.8, 4) is 11.1 Å². The maximum Gasteiger partial charge on any atom is 0.0775 e. The van der Waals surface area contributed by atoms with E-state index < -0.39 is 16.1 Å². The molecule has 0 amide bonds. The largest absolute Gasteiger partial charge is 0.310 e. The van der Waals surface area contributed by atoms with Crippen LogP contribution in [0.25, 0.3) is 32.7 Å². The van der Waals surface area contributed by atoms with Gasteiger partial charge in [-0.05, 0) is 219 Å². The fourth-order valence-corrected chi connectivity index (χ4v) is 16.6. The summed E-state index contributed by atoms with van der Waals surface area (Å²) < 4.78 is 0. The number of hydrogen-bond donors (Lipinski definition) is 0. The van der Waals surface area contributed by atoms with Crippen LogP contribution in [0.4, 0.5) is 34.1 Å². The van der Waals surface area contributed by atoms with E-state index in [1.807, 2.05) is 0 Å². The fraction of sp³-hybridized carbons (Fsp3) is 0.353. The predicted molar refractivity (Wildman–Crippen MR) is 317 cm³/mol. The number of fused-ring (bicyclic) bond motifs is 5. The summed E-state index contributed by atoms with van der Waals surface area (Å²) in [5, 5.41) is 8.33. The minimum absolute atomic E-state index is 0.0246. The van der Waals surface area contributed by atoms with Gasteiger partial charge < -0.3 is 9.80 Å². The van der Waals surface area contributed by atoms with Crippen LogP contribution in [0.2, 0.25) is 39.3 Å². The van der Waals surface area contributed by atoms with E-state index in [-0.39, 0.29) is 16.2 Å². The third kappa shape index (κ3) is 7.93. The molecule has 72 heavy (non-hydrogen) atoms. The highest BCUT2D eigenvalue weighted by Crippen LogP contribution is 2.70. The first-order valence-corrected chi connectivity index (χ1v) is 34.3. The molecule has 4 fully saturated rings. The van der Waals surface area contributed by atoms with Crippen LogP contribution in [0.1, 0.15) is 95.9 Å². The predicted octanol–water partition coefficient (Wildman–Crippen LogP) is 18.3. The minimum atomic E-state index is -1.47. The average molecular weight is 978 g/mol. The van der Waals surface area contributed by atoms with E-state index in [0.29, 0.717) is 11.8 Å². The van der Waals surface area contributed by atoms with Crippen LogP contribution in [0.5, 0.6) is 0 Å². The van der Waals surface area contributed by atoms with Gasteiger partial charge in [-0.1, -0.05) is 152 Å². The third-order valence-corrected chi connectivity index (χ3v) is 22.1. The molecule has 0 aliphatic heterocycles. The van der Waals surface area contributed by atoms with Crippen molar-refractivity contribution in [1.82, 2.24) is 0 Å². The summed E-state index contributed by atoms with van der Waals surface area (Å²) in [7, 11) is -2.94. The Balaban J connectivity index is 1.01. The smallest absolute Gasteiger partial charge is 0.0775 e. The molecule has 8 aromatic rings. The first-order chi connectivity index (χ1) is 34.1. The third-order valence-electron chi connectivity index (χ3n) is 18.0. The molecule has 1 spiro atoms. The number of rotatable bonds is 8. The lowest BCUT2D eigenvalue weighted by Gasteiger charge is -2.61. The molecule has 2 nitrogen and oxygen atoms in total. The number of hydrogen-bond acceptors (Lipinski definition) is 2. The Morgan fingerprint density at radius 3 is 1.00 bits per heavy atom. The summed E-state index contributed by atoms with van der Waals surface area (Å²) >= 11 is 0. The van der Waals surface area contributed by atoms with Crippen LogP contribution in [0.15, 0.2) is 158 Å². The molecule has 0 radical (unpaired) electrons. The van der Waals surface area contributed by atoms with Gasteiger partial charge in [-0.25, -0.2) is 0 Å². The molecule has 5 aliphatic rings. The van der Waals surface area contributed by atoms with E-state index in [9.17, 15) is 0 Å². The zero-order valence-corrected chi connectivity index (χ0v) is 47.3. The Bertz CT molecular complexity index is 3020. The van der Waals surface area contributed by atoms with E-state index >= 15 is 0 Å². The van der Waals surface area contributed by atoms with Crippen LogP contribution >= 0.6 is 0 Å². The van der Waals surface area contributed by atoms with Crippen molar-refractivity contribution in [1.29, 1.82) is 0 Å². The van der Waals surface area contributed by atoms with Crippen LogP contribution in [-0.4, -0.2) is 16.1 Å². The first kappa shape index (κ1) is 47.3. The lowest BCUT2D eigenvalue weighted by atomic mass is 9.43. The normalized spacial score (nSPS) is 20.1. The van der Waals surface area contributed by atoms with Gasteiger partial charge in [-0.15, -0.1) is 0 Å². The Morgan fingerprint density at radius 2 is 0.681 bits per heavy atom. The average Bonchev–Trinajstić information content (AvgIpc) is 3.59. The number of anilines is 6. The Hall–Kier alpha value is -5.69. The lowest BCUT2D eigenvalue weighted by molar-refractivity contribution is -0.0398. The molecular formula is C68H76N2Si2. The van der Waals surface area contributed by atoms with Crippen molar-refractivity contribution in [2.24, 2.45) is 23.7 Å². The molecular weight excluding hydrogens is 901 g/mol. The van der Waals surface area contributed by atoms with Crippen molar-refractivity contribution in [2.45, 2.75) is 129 Å². The molecule has 0 unspecified atom stereocenters. The highest BCUT2D eigenvalue weighted by molar-refractivity contribution is 6.89. The number of nitrogens with zero attached hydrogens (tertiary/aromatic N) is 2. The standard InChI is InChI=1S/C68H76N2Si2/c1-66(2,3)50-15-21-54(22-16-50)69(56-25-29-60(30-26-56)71(7,8)9)58-19-13-46-40-62-63-41-47-14-20-59(70(55-23-17-51(18-24-55)67(4,5)6)57-27-31-61(32-28-57)72(10,11)12)39-49(47)43-65(63)68(64(62)42-48(46)38-58)52-34-44-33-45(36-52)37-53(68)35-44/h13-32,38-45,52-53H,33-37H2,1-12H3. The number of benzene rings is 8. The summed E-state index contributed by atoms with van der Waals surface area (Å²) in [6.45, 7) is 28.5. The summed E-state index contributed by atoms with van der Waals surface area (Å²) in [4.78, 5) is 4.99. The molecule has 0 atom stereocenters. The second kappa shape index (κ2) is 16.7. The van der Waals surface area contributed by atoms with Gasteiger partial charge in [-0.3, -0.25) is 0 Å². The van der Waals surface area contributed by atoms with Crippen LogP contribution in [0, 0.1) is 23.7 Å². The van der Waals surface area contributed by atoms with Crippen molar-refractivity contribution < 1.29 is 0 Å². The maximum absolute atomic E-state index is 2.69. The zero-order chi connectivity index (χ0) is 50.3. The SMILES string of the molecule is CC(C)(C)c1ccc(N(c2ccc([Si](C)(C)C)cc2)c2ccc3cc4c(cc3c2)C2(c3cc5cc(N(c6ccc(C(C)(C)C)cc6)c6ccc([Si](C)(C)C)cc6)ccc5cc3-4)C3CC4CC(C3)CC2C4)cc1. The van der Waals surface area contributed by atoms with Gasteiger partial charge in [0.2, 0.25) is 0 Å². The maximum atomic E-state index is 2.69.